The maximum atomic E-state index is 13.4. The van der Waals surface area contributed by atoms with Crippen molar-refractivity contribution in [1.82, 2.24) is 35.3 Å². The van der Waals surface area contributed by atoms with E-state index in [1.54, 1.807) is 42.5 Å². The molecule has 0 saturated carbocycles. The molecule has 0 fully saturated rings. The molecule has 5 aromatic rings. The number of nitrogens with zero attached hydrogens (tertiary/aromatic N) is 6. The van der Waals surface area contributed by atoms with Crippen LogP contribution in [0, 0.1) is 0 Å². The number of hydrogen-bond donors (Lipinski definition) is 4. The van der Waals surface area contributed by atoms with Crippen LogP contribution < -0.4 is 16.2 Å². The highest BCUT2D eigenvalue weighted by Crippen LogP contribution is 2.24. The Morgan fingerprint density at radius 3 is 2.49 bits per heavy atom. The van der Waals surface area contributed by atoms with Crippen molar-refractivity contribution in [2.45, 2.75) is 19.0 Å². The smallest absolute Gasteiger partial charge is 0.409 e. The average Bonchev–Trinajstić information content (AvgIpc) is 3.57. The van der Waals surface area contributed by atoms with Gasteiger partial charge >= 0.3 is 6.09 Å². The lowest BCUT2D eigenvalue weighted by molar-refractivity contribution is -0.117. The number of rotatable bonds is 11. The lowest BCUT2D eigenvalue weighted by atomic mass is 10.00. The Bertz CT molecular complexity index is 1880. The van der Waals surface area contributed by atoms with Crippen LogP contribution >= 0.6 is 11.6 Å². The molecule has 2 amide bonds. The highest BCUT2D eigenvalue weighted by molar-refractivity contribution is 6.30. The molecule has 1 unspecified atom stereocenters. The number of aliphatic hydroxyl groups is 1. The van der Waals surface area contributed by atoms with Gasteiger partial charge in [0.1, 0.15) is 6.33 Å². The van der Waals surface area contributed by atoms with Crippen LogP contribution in [0.2, 0.25) is 5.02 Å². The molecule has 0 aliphatic rings. The second kappa shape index (κ2) is 14.2. The fourth-order valence-electron chi connectivity index (χ4n) is 4.65. The van der Waals surface area contributed by atoms with Gasteiger partial charge in [0.25, 0.3) is 5.56 Å². The molecule has 1 atom stereocenters. The van der Waals surface area contributed by atoms with Crippen LogP contribution in [0.4, 0.5) is 10.5 Å². The van der Waals surface area contributed by atoms with Gasteiger partial charge in [-0.3, -0.25) is 14.9 Å². The van der Waals surface area contributed by atoms with Gasteiger partial charge in [0.05, 0.1) is 36.1 Å². The van der Waals surface area contributed by atoms with E-state index >= 15 is 0 Å². The number of aliphatic hydroxyl groups excluding tert-OH is 1. The first-order valence-electron chi connectivity index (χ1n) is 13.7. The molecule has 45 heavy (non-hydrogen) atoms. The third-order valence-corrected chi connectivity index (χ3v) is 6.94. The van der Waals surface area contributed by atoms with Crippen LogP contribution in [-0.4, -0.2) is 58.8 Å². The largest absolute Gasteiger partial charge is 0.465 e. The first-order valence-corrected chi connectivity index (χ1v) is 14.1. The molecule has 0 radical (unpaired) electrons. The van der Waals surface area contributed by atoms with Crippen LogP contribution in [-0.2, 0) is 17.8 Å². The summed E-state index contributed by atoms with van der Waals surface area (Å²) in [6.07, 6.45) is 3.51. The van der Waals surface area contributed by atoms with E-state index in [2.05, 4.69) is 31.3 Å². The minimum absolute atomic E-state index is 0.0705. The molecule has 0 saturated heterocycles. The van der Waals surface area contributed by atoms with Crippen LogP contribution in [0.25, 0.3) is 22.9 Å². The summed E-state index contributed by atoms with van der Waals surface area (Å²) in [6.45, 7) is -0.405. The van der Waals surface area contributed by atoms with Crippen molar-refractivity contribution in [3.05, 3.63) is 123 Å². The molecule has 0 bridgehead atoms. The summed E-state index contributed by atoms with van der Waals surface area (Å²) in [4.78, 5) is 37.7. The zero-order valence-corrected chi connectivity index (χ0v) is 24.4. The Balaban J connectivity index is 1.50. The van der Waals surface area contributed by atoms with Gasteiger partial charge in [-0.25, -0.2) is 9.48 Å². The van der Waals surface area contributed by atoms with Crippen LogP contribution in [0.5, 0.6) is 0 Å². The standard InChI is InChI=1S/C31H27ClN8O5/c32-23-9-12-28(40-19-33-37-38-40)22(17-23)8-13-29(42)35-26(16-20-4-2-1-3-5-20)27-18-25(30(43)39(36-27)14-15-41)21-6-10-24(11-7-21)34-31(44)45/h1-13,17-19,26,34,41H,14-16H2,(H,35,42)(H,44,45). The third-order valence-electron chi connectivity index (χ3n) is 6.71. The second-order valence-corrected chi connectivity index (χ2v) is 10.2. The number of tetrazole rings is 1. The van der Waals surface area contributed by atoms with Crippen molar-refractivity contribution in [3.8, 4) is 16.8 Å². The number of nitrogens with one attached hydrogen (secondary N) is 2. The Kier molecular flexibility index (Phi) is 9.72. The van der Waals surface area contributed by atoms with E-state index < -0.39 is 23.6 Å². The number of benzene rings is 3. The van der Waals surface area contributed by atoms with E-state index in [9.17, 15) is 19.5 Å². The molecule has 5 rings (SSSR count). The van der Waals surface area contributed by atoms with Gasteiger partial charge in [0.15, 0.2) is 0 Å². The van der Waals surface area contributed by atoms with E-state index in [1.807, 2.05) is 30.3 Å². The SMILES string of the molecule is O=C(O)Nc1ccc(-c2cc(C(Cc3ccccc3)NC(=O)C=Cc3cc(Cl)ccc3-n3cnnn3)nn(CCO)c2=O)cc1. The average molecular weight is 627 g/mol. The molecule has 228 valence electrons. The summed E-state index contributed by atoms with van der Waals surface area (Å²) in [7, 11) is 0. The van der Waals surface area contributed by atoms with Gasteiger partial charge in [-0.15, -0.1) is 5.10 Å². The lowest BCUT2D eigenvalue weighted by Crippen LogP contribution is -2.33. The van der Waals surface area contributed by atoms with Gasteiger partial charge in [-0.1, -0.05) is 54.1 Å². The molecule has 2 aromatic heterocycles. The lowest BCUT2D eigenvalue weighted by Gasteiger charge is -2.20. The number of carbonyl (C=O) groups excluding carboxylic acids is 1. The summed E-state index contributed by atoms with van der Waals surface area (Å²) in [5.41, 5.74) is 3.16. The highest BCUT2D eigenvalue weighted by atomic mass is 35.5. The number of anilines is 1. The first-order chi connectivity index (χ1) is 21.8. The van der Waals surface area contributed by atoms with Crippen LogP contribution in [0.1, 0.15) is 22.9 Å². The van der Waals surface area contributed by atoms with Crippen LogP contribution in [0.15, 0.2) is 96.1 Å². The summed E-state index contributed by atoms with van der Waals surface area (Å²) in [5.74, 6) is -0.439. The van der Waals surface area contributed by atoms with Crippen molar-refractivity contribution < 1.29 is 19.8 Å². The fourth-order valence-corrected chi connectivity index (χ4v) is 4.83. The molecule has 0 aliphatic heterocycles. The van der Waals surface area contributed by atoms with Crippen LogP contribution in [0.3, 0.4) is 0 Å². The fraction of sp³-hybridized carbons (Fsp3) is 0.129. The van der Waals surface area contributed by atoms with Gasteiger partial charge in [0, 0.05) is 22.3 Å². The molecule has 4 N–H and O–H groups in total. The van der Waals surface area contributed by atoms with Crippen molar-refractivity contribution in [3.63, 3.8) is 0 Å². The van der Waals surface area contributed by atoms with E-state index in [4.69, 9.17) is 16.7 Å². The zero-order valence-electron chi connectivity index (χ0n) is 23.6. The van der Waals surface area contributed by atoms with Gasteiger partial charge < -0.3 is 15.5 Å². The van der Waals surface area contributed by atoms with Crippen molar-refractivity contribution in [1.29, 1.82) is 0 Å². The number of halogens is 1. The number of carboxylic acid groups (broad SMARTS) is 1. The molecular weight excluding hydrogens is 600 g/mol. The number of amides is 2. The molecule has 14 heteroatoms. The van der Waals surface area contributed by atoms with E-state index in [-0.39, 0.29) is 18.7 Å². The van der Waals surface area contributed by atoms with Crippen molar-refractivity contribution in [2.75, 3.05) is 11.9 Å². The molecular formula is C31H27ClN8O5. The quantitative estimate of drug-likeness (QED) is 0.159. The normalized spacial score (nSPS) is 11.8. The Morgan fingerprint density at radius 1 is 1.02 bits per heavy atom. The Labute approximate surface area is 261 Å². The van der Waals surface area contributed by atoms with E-state index in [1.165, 1.54) is 29.2 Å². The number of aromatic nitrogens is 6. The zero-order chi connectivity index (χ0) is 31.8. The molecule has 13 nitrogen and oxygen atoms in total. The molecule has 0 spiro atoms. The summed E-state index contributed by atoms with van der Waals surface area (Å²) < 4.78 is 2.60. The third kappa shape index (κ3) is 7.84. The molecule has 2 heterocycles. The minimum atomic E-state index is -1.21. The number of hydrogen-bond acceptors (Lipinski definition) is 8. The summed E-state index contributed by atoms with van der Waals surface area (Å²) in [6, 6.07) is 21.8. The van der Waals surface area contributed by atoms with E-state index in [0.717, 1.165) is 10.2 Å². The van der Waals surface area contributed by atoms with Gasteiger partial charge in [0.2, 0.25) is 5.91 Å². The van der Waals surface area contributed by atoms with Crippen molar-refractivity contribution in [2.24, 2.45) is 0 Å². The second-order valence-electron chi connectivity index (χ2n) is 9.78. The summed E-state index contributed by atoms with van der Waals surface area (Å²) >= 11 is 6.22. The van der Waals surface area contributed by atoms with Crippen molar-refractivity contribution >= 4 is 35.4 Å². The monoisotopic (exact) mass is 626 g/mol. The van der Waals surface area contributed by atoms with Gasteiger partial charge in [-0.05, 0) is 70.4 Å². The van der Waals surface area contributed by atoms with E-state index in [0.29, 0.717) is 39.6 Å². The van der Waals surface area contributed by atoms with Gasteiger partial charge in [-0.2, -0.15) is 9.78 Å². The predicted octanol–water partition coefficient (Wildman–Crippen LogP) is 3.74. The molecule has 0 aliphatic carbocycles. The number of carbonyl (C=O) groups is 2. The maximum absolute atomic E-state index is 13.4. The maximum Gasteiger partial charge on any atom is 0.409 e. The first kappa shape index (κ1) is 30.8. The topological polar surface area (TPSA) is 177 Å². The summed E-state index contributed by atoms with van der Waals surface area (Å²) in [5, 5.41) is 40.1. The minimum Gasteiger partial charge on any atom is -0.465 e. The Morgan fingerprint density at radius 2 is 1.80 bits per heavy atom. The molecule has 3 aromatic carbocycles. The predicted molar refractivity (Wildman–Crippen MR) is 167 cm³/mol. The Hall–Kier alpha value is -5.66. The highest BCUT2D eigenvalue weighted by Gasteiger charge is 2.20.